The van der Waals surface area contributed by atoms with Crippen LogP contribution in [-0.2, 0) is 0 Å². The van der Waals surface area contributed by atoms with Crippen LogP contribution in [0.5, 0.6) is 0 Å². The molecular formula is C17H10O2S. The highest BCUT2D eigenvalue weighted by Gasteiger charge is 2.12. The van der Waals surface area contributed by atoms with Crippen LogP contribution < -0.4 is 5.43 Å². The lowest BCUT2D eigenvalue weighted by molar-refractivity contribution is 0.605. The van der Waals surface area contributed by atoms with Crippen molar-refractivity contribution in [1.29, 1.82) is 0 Å². The third-order valence-corrected chi connectivity index (χ3v) is 4.41. The van der Waals surface area contributed by atoms with Gasteiger partial charge >= 0.3 is 0 Å². The van der Waals surface area contributed by atoms with Gasteiger partial charge in [-0.25, -0.2) is 0 Å². The van der Waals surface area contributed by atoms with Crippen molar-refractivity contribution < 1.29 is 4.42 Å². The SMILES string of the molecule is O=c1c(-c2csc3ccccc23)coc2ccccc12. The van der Waals surface area contributed by atoms with Crippen LogP contribution in [0.1, 0.15) is 0 Å². The monoisotopic (exact) mass is 278 g/mol. The first-order chi connectivity index (χ1) is 9.84. The van der Waals surface area contributed by atoms with Crippen molar-refractivity contribution in [1.82, 2.24) is 0 Å². The summed E-state index contributed by atoms with van der Waals surface area (Å²) in [6, 6.07) is 15.4. The normalized spacial score (nSPS) is 11.2. The Kier molecular flexibility index (Phi) is 2.47. The highest BCUT2D eigenvalue weighted by atomic mass is 32.1. The summed E-state index contributed by atoms with van der Waals surface area (Å²) < 4.78 is 6.78. The summed E-state index contributed by atoms with van der Waals surface area (Å²) >= 11 is 1.64. The Morgan fingerprint density at radius 3 is 2.50 bits per heavy atom. The summed E-state index contributed by atoms with van der Waals surface area (Å²) in [5, 5.41) is 3.74. The molecule has 0 bridgehead atoms. The molecule has 96 valence electrons. The molecule has 0 aliphatic rings. The number of rotatable bonds is 1. The van der Waals surface area contributed by atoms with Crippen LogP contribution >= 0.6 is 11.3 Å². The Labute approximate surface area is 118 Å². The molecule has 0 saturated carbocycles. The average Bonchev–Trinajstić information content (AvgIpc) is 2.92. The molecule has 0 aliphatic heterocycles. The number of benzene rings is 2. The zero-order valence-corrected chi connectivity index (χ0v) is 11.3. The minimum atomic E-state index is 0.0235. The summed E-state index contributed by atoms with van der Waals surface area (Å²) in [4.78, 5) is 12.6. The van der Waals surface area contributed by atoms with Crippen LogP contribution in [0.3, 0.4) is 0 Å². The fourth-order valence-corrected chi connectivity index (χ4v) is 3.41. The zero-order valence-electron chi connectivity index (χ0n) is 10.5. The molecule has 0 amide bonds. The minimum absolute atomic E-state index is 0.0235. The van der Waals surface area contributed by atoms with Crippen molar-refractivity contribution in [2.75, 3.05) is 0 Å². The van der Waals surface area contributed by atoms with E-state index in [1.54, 1.807) is 23.7 Å². The van der Waals surface area contributed by atoms with Crippen molar-refractivity contribution in [3.05, 3.63) is 70.4 Å². The van der Waals surface area contributed by atoms with Crippen molar-refractivity contribution in [3.8, 4) is 11.1 Å². The largest absolute Gasteiger partial charge is 0.463 e. The van der Waals surface area contributed by atoms with Gasteiger partial charge in [0.15, 0.2) is 0 Å². The molecule has 0 atom stereocenters. The van der Waals surface area contributed by atoms with Crippen LogP contribution in [-0.4, -0.2) is 0 Å². The zero-order chi connectivity index (χ0) is 13.5. The molecule has 0 saturated heterocycles. The first-order valence-corrected chi connectivity index (χ1v) is 7.20. The van der Waals surface area contributed by atoms with E-state index < -0.39 is 0 Å². The highest BCUT2D eigenvalue weighted by Crippen LogP contribution is 2.32. The van der Waals surface area contributed by atoms with Crippen molar-refractivity contribution in [2.45, 2.75) is 0 Å². The maximum Gasteiger partial charge on any atom is 0.200 e. The highest BCUT2D eigenvalue weighted by molar-refractivity contribution is 7.17. The number of hydrogen-bond acceptors (Lipinski definition) is 3. The van der Waals surface area contributed by atoms with Crippen molar-refractivity contribution >= 4 is 32.4 Å². The van der Waals surface area contributed by atoms with Gasteiger partial charge in [0.1, 0.15) is 11.8 Å². The van der Waals surface area contributed by atoms with Crippen molar-refractivity contribution in [2.24, 2.45) is 0 Å². The molecule has 0 fully saturated rings. The molecular weight excluding hydrogens is 268 g/mol. The Morgan fingerprint density at radius 2 is 1.60 bits per heavy atom. The Morgan fingerprint density at radius 1 is 0.850 bits per heavy atom. The molecule has 4 aromatic rings. The predicted molar refractivity (Wildman–Crippen MR) is 83.3 cm³/mol. The van der Waals surface area contributed by atoms with Gasteiger partial charge in [-0.3, -0.25) is 4.79 Å². The Bertz CT molecular complexity index is 979. The quantitative estimate of drug-likeness (QED) is 0.506. The van der Waals surface area contributed by atoms with Crippen LogP contribution in [0.2, 0.25) is 0 Å². The van der Waals surface area contributed by atoms with Gasteiger partial charge in [0.2, 0.25) is 5.43 Å². The number of thiophene rings is 1. The molecule has 2 aromatic heterocycles. The maximum absolute atomic E-state index is 12.6. The summed E-state index contributed by atoms with van der Waals surface area (Å²) in [6.45, 7) is 0. The first kappa shape index (κ1) is 11.4. The fourth-order valence-electron chi connectivity index (χ4n) is 2.45. The molecule has 0 radical (unpaired) electrons. The molecule has 0 N–H and O–H groups in total. The van der Waals surface area contributed by atoms with Crippen LogP contribution in [0, 0.1) is 0 Å². The summed E-state index contributed by atoms with van der Waals surface area (Å²) in [6.07, 6.45) is 1.57. The fraction of sp³-hybridized carbons (Fsp3) is 0. The second-order valence-electron chi connectivity index (χ2n) is 4.62. The number of hydrogen-bond donors (Lipinski definition) is 0. The molecule has 4 rings (SSSR count). The van der Waals surface area contributed by atoms with Gasteiger partial charge in [-0.05, 0) is 18.2 Å². The molecule has 0 unspecified atom stereocenters. The van der Waals surface area contributed by atoms with Crippen molar-refractivity contribution in [3.63, 3.8) is 0 Å². The lowest BCUT2D eigenvalue weighted by Gasteiger charge is -2.01. The molecule has 0 spiro atoms. The maximum atomic E-state index is 12.6. The van der Waals surface area contributed by atoms with E-state index in [0.717, 1.165) is 10.9 Å². The predicted octanol–water partition coefficient (Wildman–Crippen LogP) is 4.67. The smallest absolute Gasteiger partial charge is 0.200 e. The second-order valence-corrected chi connectivity index (χ2v) is 5.53. The van der Waals surface area contributed by atoms with Gasteiger partial charge in [0, 0.05) is 21.0 Å². The Balaban J connectivity index is 2.08. The van der Waals surface area contributed by atoms with E-state index in [1.165, 1.54) is 4.70 Å². The van der Waals surface area contributed by atoms with E-state index in [9.17, 15) is 4.79 Å². The van der Waals surface area contributed by atoms with Gasteiger partial charge in [0.25, 0.3) is 0 Å². The van der Waals surface area contributed by atoms with E-state index >= 15 is 0 Å². The third-order valence-electron chi connectivity index (χ3n) is 3.45. The number of fused-ring (bicyclic) bond motifs is 2. The van der Waals surface area contributed by atoms with Crippen LogP contribution in [0.15, 0.2) is 69.4 Å². The van der Waals surface area contributed by atoms with E-state index in [-0.39, 0.29) is 5.43 Å². The van der Waals surface area contributed by atoms with Gasteiger partial charge in [-0.1, -0.05) is 30.3 Å². The van der Waals surface area contributed by atoms with Crippen LogP contribution in [0.25, 0.3) is 32.2 Å². The third kappa shape index (κ3) is 1.60. The molecule has 3 heteroatoms. The molecule has 20 heavy (non-hydrogen) atoms. The lowest BCUT2D eigenvalue weighted by atomic mass is 10.0. The average molecular weight is 278 g/mol. The minimum Gasteiger partial charge on any atom is -0.463 e. The van der Waals surface area contributed by atoms with E-state index in [2.05, 4.69) is 6.07 Å². The second kappa shape index (κ2) is 4.32. The van der Waals surface area contributed by atoms with E-state index in [4.69, 9.17) is 4.42 Å². The lowest BCUT2D eigenvalue weighted by Crippen LogP contribution is -2.04. The van der Waals surface area contributed by atoms with Crippen LogP contribution in [0.4, 0.5) is 0 Å². The number of para-hydroxylation sites is 1. The molecule has 2 heterocycles. The van der Waals surface area contributed by atoms with E-state index in [1.807, 2.05) is 41.8 Å². The first-order valence-electron chi connectivity index (χ1n) is 6.32. The summed E-state index contributed by atoms with van der Waals surface area (Å²) in [5.74, 6) is 0. The standard InChI is InChI=1S/C17H10O2S/c18-17-12-6-1-3-7-15(12)19-9-13(17)14-10-20-16-8-4-2-5-11(14)16/h1-10H. The van der Waals surface area contributed by atoms with Gasteiger partial charge < -0.3 is 4.42 Å². The molecule has 2 nitrogen and oxygen atoms in total. The Hall–Kier alpha value is -2.39. The van der Waals surface area contributed by atoms with Gasteiger partial charge in [-0.15, -0.1) is 11.3 Å². The van der Waals surface area contributed by atoms with Gasteiger partial charge in [-0.2, -0.15) is 0 Å². The molecule has 2 aromatic carbocycles. The molecule has 0 aliphatic carbocycles. The summed E-state index contributed by atoms with van der Waals surface area (Å²) in [5.41, 5.74) is 2.22. The van der Waals surface area contributed by atoms with E-state index in [0.29, 0.717) is 16.5 Å². The summed E-state index contributed by atoms with van der Waals surface area (Å²) in [7, 11) is 0. The van der Waals surface area contributed by atoms with Gasteiger partial charge in [0.05, 0.1) is 10.9 Å². The topological polar surface area (TPSA) is 30.2 Å².